The van der Waals surface area contributed by atoms with Crippen LogP contribution in [0.1, 0.15) is 0 Å². The molecule has 23 heavy (non-hydrogen) atoms. The molecule has 1 amide bonds. The van der Waals surface area contributed by atoms with Gasteiger partial charge in [0.25, 0.3) is 5.95 Å². The van der Waals surface area contributed by atoms with Gasteiger partial charge in [-0.25, -0.2) is 10.5 Å². The molecule has 0 fully saturated rings. The fraction of sp³-hybridized carbons (Fsp3) is 0.154. The predicted octanol–water partition coefficient (Wildman–Crippen LogP) is 1.29. The highest BCUT2D eigenvalue weighted by Crippen LogP contribution is 2.27. The van der Waals surface area contributed by atoms with Gasteiger partial charge in [0.15, 0.2) is 0 Å². The Morgan fingerprint density at radius 2 is 2.13 bits per heavy atom. The summed E-state index contributed by atoms with van der Waals surface area (Å²) in [4.78, 5) is 13.1. The summed E-state index contributed by atoms with van der Waals surface area (Å²) in [5.41, 5.74) is 3.08. The average Bonchev–Trinajstić information content (AvgIpc) is 2.92. The van der Waals surface area contributed by atoms with Crippen LogP contribution < -0.4 is 22.4 Å². The van der Waals surface area contributed by atoms with Crippen LogP contribution in [0.2, 0.25) is 0 Å². The van der Waals surface area contributed by atoms with Crippen LogP contribution in [-0.4, -0.2) is 32.3 Å². The Balaban J connectivity index is 1.94. The molecule has 2 rings (SSSR count). The Morgan fingerprint density at radius 1 is 1.35 bits per heavy atom. The monoisotopic (exact) mass is 351 g/mol. The number of thioether (sulfide) groups is 2. The van der Waals surface area contributed by atoms with Crippen LogP contribution in [0.15, 0.2) is 47.0 Å². The van der Waals surface area contributed by atoms with Crippen molar-refractivity contribution < 1.29 is 4.79 Å². The van der Waals surface area contributed by atoms with E-state index >= 15 is 0 Å². The van der Waals surface area contributed by atoms with Crippen LogP contribution in [0.25, 0.3) is 0 Å². The van der Waals surface area contributed by atoms with Crippen molar-refractivity contribution in [3.8, 4) is 0 Å². The second-order valence-corrected chi connectivity index (χ2v) is 6.26. The van der Waals surface area contributed by atoms with Gasteiger partial charge in [-0.05, 0) is 12.1 Å². The van der Waals surface area contributed by atoms with Crippen molar-refractivity contribution >= 4 is 41.1 Å². The molecule has 0 unspecified atom stereocenters. The first kappa shape index (κ1) is 17.2. The lowest BCUT2D eigenvalue weighted by Crippen LogP contribution is -2.19. The van der Waals surface area contributed by atoms with Gasteiger partial charge in [0.05, 0.1) is 11.4 Å². The number of aromatic nitrogens is 3. The van der Waals surface area contributed by atoms with Crippen LogP contribution in [0, 0.1) is 0 Å². The van der Waals surface area contributed by atoms with Crippen LogP contribution in [-0.2, 0) is 4.79 Å². The number of nitrogens with two attached hydrogens (primary N) is 2. The van der Waals surface area contributed by atoms with E-state index in [4.69, 9.17) is 11.7 Å². The van der Waals surface area contributed by atoms with Gasteiger partial charge in [0, 0.05) is 10.6 Å². The van der Waals surface area contributed by atoms with Crippen molar-refractivity contribution in [2.75, 3.05) is 28.1 Å². The number of nitrogens with one attached hydrogen (secondary N) is 2. The molecule has 122 valence electrons. The number of rotatable bonds is 8. The molecule has 0 saturated carbocycles. The first-order valence-electron chi connectivity index (χ1n) is 6.58. The van der Waals surface area contributed by atoms with Crippen molar-refractivity contribution in [1.82, 2.24) is 14.9 Å². The van der Waals surface area contributed by atoms with E-state index in [1.807, 2.05) is 30.3 Å². The molecule has 10 heteroatoms. The summed E-state index contributed by atoms with van der Waals surface area (Å²) in [6.45, 7) is 3.69. The summed E-state index contributed by atoms with van der Waals surface area (Å²) in [5.74, 6) is 11.9. The quantitative estimate of drug-likeness (QED) is 0.243. The molecule has 0 radical (unpaired) electrons. The number of hydrazine groups is 1. The molecule has 2 aromatic rings. The van der Waals surface area contributed by atoms with E-state index in [1.165, 1.54) is 16.4 Å². The van der Waals surface area contributed by atoms with Gasteiger partial charge in [-0.2, -0.15) is 0 Å². The zero-order chi connectivity index (χ0) is 16.7. The molecule has 0 aliphatic heterocycles. The Morgan fingerprint density at radius 3 is 2.83 bits per heavy atom. The first-order valence-corrected chi connectivity index (χ1v) is 8.55. The van der Waals surface area contributed by atoms with Crippen LogP contribution >= 0.6 is 23.5 Å². The molecular weight excluding hydrogens is 334 g/mol. The van der Waals surface area contributed by atoms with Crippen molar-refractivity contribution in [2.24, 2.45) is 5.84 Å². The SMILES string of the molecule is C=CCSc1ccccc1NC(=O)CSc1nnc(NN)n1N. The normalized spacial score (nSPS) is 10.3. The minimum atomic E-state index is -0.160. The number of nitrogen functional groups attached to an aromatic ring is 2. The summed E-state index contributed by atoms with van der Waals surface area (Å²) >= 11 is 2.77. The maximum Gasteiger partial charge on any atom is 0.258 e. The molecule has 1 aromatic heterocycles. The van der Waals surface area contributed by atoms with E-state index in [0.717, 1.165) is 16.3 Å². The summed E-state index contributed by atoms with van der Waals surface area (Å²) in [7, 11) is 0. The van der Waals surface area contributed by atoms with Gasteiger partial charge in [0.2, 0.25) is 11.1 Å². The van der Waals surface area contributed by atoms with Crippen LogP contribution in [0.5, 0.6) is 0 Å². The van der Waals surface area contributed by atoms with Gasteiger partial charge in [-0.1, -0.05) is 30.0 Å². The van der Waals surface area contributed by atoms with Gasteiger partial charge in [-0.3, -0.25) is 10.2 Å². The second-order valence-electron chi connectivity index (χ2n) is 4.25. The smallest absolute Gasteiger partial charge is 0.258 e. The number of benzene rings is 1. The Hall–Kier alpha value is -2.17. The number of anilines is 2. The van der Waals surface area contributed by atoms with Crippen molar-refractivity contribution in [3.05, 3.63) is 36.9 Å². The van der Waals surface area contributed by atoms with Crippen LogP contribution in [0.4, 0.5) is 11.6 Å². The molecule has 6 N–H and O–H groups in total. The van der Waals surface area contributed by atoms with Gasteiger partial charge < -0.3 is 11.2 Å². The number of carbonyl (C=O) groups excluding carboxylic acids is 1. The number of amides is 1. The van der Waals surface area contributed by atoms with E-state index in [1.54, 1.807) is 11.8 Å². The summed E-state index contributed by atoms with van der Waals surface area (Å²) < 4.78 is 1.19. The fourth-order valence-electron chi connectivity index (χ4n) is 1.63. The van der Waals surface area contributed by atoms with E-state index in [9.17, 15) is 4.79 Å². The lowest BCUT2D eigenvalue weighted by molar-refractivity contribution is -0.113. The number of hydrogen-bond acceptors (Lipinski definition) is 8. The maximum atomic E-state index is 12.1. The zero-order valence-electron chi connectivity index (χ0n) is 12.2. The molecule has 0 atom stereocenters. The molecular formula is C13H17N7OS2. The highest BCUT2D eigenvalue weighted by Gasteiger charge is 2.12. The van der Waals surface area contributed by atoms with Crippen molar-refractivity contribution in [2.45, 2.75) is 10.1 Å². The molecule has 0 saturated heterocycles. The van der Waals surface area contributed by atoms with Gasteiger partial charge in [-0.15, -0.1) is 28.5 Å². The topological polar surface area (TPSA) is 124 Å². The molecule has 8 nitrogen and oxygen atoms in total. The van der Waals surface area contributed by atoms with Gasteiger partial charge in [0.1, 0.15) is 0 Å². The minimum Gasteiger partial charge on any atom is -0.334 e. The number of carbonyl (C=O) groups is 1. The van der Waals surface area contributed by atoms with Crippen LogP contribution in [0.3, 0.4) is 0 Å². The van der Waals surface area contributed by atoms with E-state index in [0.29, 0.717) is 5.16 Å². The molecule has 1 aromatic carbocycles. The first-order chi connectivity index (χ1) is 11.2. The number of nitrogens with zero attached hydrogens (tertiary/aromatic N) is 3. The molecule has 0 aliphatic carbocycles. The second kappa shape index (κ2) is 8.46. The molecule has 0 spiro atoms. The van der Waals surface area contributed by atoms with Crippen molar-refractivity contribution in [1.29, 1.82) is 0 Å². The minimum absolute atomic E-state index is 0.153. The summed E-state index contributed by atoms with van der Waals surface area (Å²) in [5, 5.41) is 10.8. The molecule has 0 aliphatic rings. The number of hydrogen-bond donors (Lipinski definition) is 4. The standard InChI is InChI=1S/C13H17N7OS2/c1-2-7-22-10-6-4-3-5-9(10)16-11(21)8-23-13-19-18-12(17-14)20(13)15/h2-6H,1,7-8,14-15H2,(H,16,21)(H,17,18). The van der Waals surface area contributed by atoms with Gasteiger partial charge >= 0.3 is 0 Å². The Bertz CT molecular complexity index is 689. The fourth-order valence-corrected chi connectivity index (χ4v) is 3.04. The number of para-hydroxylation sites is 1. The third kappa shape index (κ3) is 4.65. The largest absolute Gasteiger partial charge is 0.334 e. The zero-order valence-corrected chi connectivity index (χ0v) is 13.9. The third-order valence-corrected chi connectivity index (χ3v) is 4.66. The third-order valence-electron chi connectivity index (χ3n) is 2.64. The Labute approximate surface area is 142 Å². The maximum absolute atomic E-state index is 12.1. The summed E-state index contributed by atoms with van der Waals surface area (Å²) in [6, 6.07) is 7.60. The van der Waals surface area contributed by atoms with E-state index < -0.39 is 0 Å². The van der Waals surface area contributed by atoms with Crippen molar-refractivity contribution in [3.63, 3.8) is 0 Å². The highest BCUT2D eigenvalue weighted by atomic mass is 32.2. The lowest BCUT2D eigenvalue weighted by atomic mass is 10.3. The molecule has 1 heterocycles. The summed E-state index contributed by atoms with van der Waals surface area (Å²) in [6.07, 6.45) is 1.82. The highest BCUT2D eigenvalue weighted by molar-refractivity contribution is 8.00. The predicted molar refractivity (Wildman–Crippen MR) is 94.7 cm³/mol. The Kier molecular flexibility index (Phi) is 6.32. The molecule has 0 bridgehead atoms. The van der Waals surface area contributed by atoms with E-state index in [2.05, 4.69) is 27.5 Å². The van der Waals surface area contributed by atoms with E-state index in [-0.39, 0.29) is 17.6 Å². The average molecular weight is 351 g/mol. The lowest BCUT2D eigenvalue weighted by Gasteiger charge is -2.09.